The van der Waals surface area contributed by atoms with E-state index in [9.17, 15) is 14.0 Å². The zero-order valence-corrected chi connectivity index (χ0v) is 16.1. The molecule has 1 aliphatic rings. The molecule has 0 aromatic heterocycles. The van der Waals surface area contributed by atoms with E-state index in [2.05, 4.69) is 24.5 Å². The van der Waals surface area contributed by atoms with Gasteiger partial charge in [-0.3, -0.25) is 9.59 Å². The van der Waals surface area contributed by atoms with Crippen LogP contribution >= 0.6 is 0 Å². The molecule has 2 N–H and O–H groups in total. The topological polar surface area (TPSA) is 67.4 Å². The van der Waals surface area contributed by atoms with Crippen molar-refractivity contribution in [2.75, 3.05) is 17.2 Å². The Morgan fingerprint density at radius 3 is 2.57 bits per heavy atom. The second-order valence-electron chi connectivity index (χ2n) is 7.01. The predicted molar refractivity (Wildman–Crippen MR) is 107 cm³/mol. The maximum Gasteiger partial charge on any atom is 0.262 e. The summed E-state index contributed by atoms with van der Waals surface area (Å²) in [5.41, 5.74) is 2.04. The number of rotatable bonds is 7. The van der Waals surface area contributed by atoms with Crippen LogP contribution in [0.1, 0.15) is 44.6 Å². The third-order valence-electron chi connectivity index (χ3n) is 5.23. The van der Waals surface area contributed by atoms with Crippen LogP contribution in [0, 0.1) is 11.7 Å². The van der Waals surface area contributed by atoms with Crippen molar-refractivity contribution in [3.63, 3.8) is 0 Å². The molecule has 0 saturated heterocycles. The quantitative estimate of drug-likeness (QED) is 0.727. The van der Waals surface area contributed by atoms with Crippen molar-refractivity contribution in [1.29, 1.82) is 0 Å². The zero-order chi connectivity index (χ0) is 20.1. The molecular weight excluding hydrogens is 359 g/mol. The fourth-order valence-corrected chi connectivity index (χ4v) is 3.74. The number of fused-ring (bicyclic) bond motifs is 1. The van der Waals surface area contributed by atoms with Gasteiger partial charge in [0.1, 0.15) is 5.82 Å². The summed E-state index contributed by atoms with van der Waals surface area (Å²) in [5, 5.41) is 5.64. The smallest absolute Gasteiger partial charge is 0.262 e. The largest absolute Gasteiger partial charge is 0.479 e. The molecule has 6 heteroatoms. The van der Waals surface area contributed by atoms with E-state index >= 15 is 0 Å². The molecule has 0 saturated carbocycles. The molecule has 1 aliphatic heterocycles. The second kappa shape index (κ2) is 8.87. The van der Waals surface area contributed by atoms with Crippen LogP contribution in [-0.2, 0) is 9.59 Å². The minimum absolute atomic E-state index is 0.00393. The van der Waals surface area contributed by atoms with Gasteiger partial charge in [-0.1, -0.05) is 44.9 Å². The van der Waals surface area contributed by atoms with E-state index in [0.717, 1.165) is 18.4 Å². The zero-order valence-electron chi connectivity index (χ0n) is 16.1. The lowest BCUT2D eigenvalue weighted by molar-refractivity contribution is -0.118. The normalized spacial score (nSPS) is 14.1. The molecule has 1 atom stereocenters. The molecule has 28 heavy (non-hydrogen) atoms. The molecule has 2 aromatic carbocycles. The van der Waals surface area contributed by atoms with Crippen LogP contribution in [-0.4, -0.2) is 18.4 Å². The molecule has 0 fully saturated rings. The minimum Gasteiger partial charge on any atom is -0.479 e. The van der Waals surface area contributed by atoms with Crippen LogP contribution in [0.5, 0.6) is 5.75 Å². The number of halogens is 1. The van der Waals surface area contributed by atoms with Crippen LogP contribution in [0.3, 0.4) is 0 Å². The van der Waals surface area contributed by atoms with Gasteiger partial charge in [-0.15, -0.1) is 0 Å². The first-order valence-corrected chi connectivity index (χ1v) is 9.62. The monoisotopic (exact) mass is 384 g/mol. The fourth-order valence-electron chi connectivity index (χ4n) is 3.74. The summed E-state index contributed by atoms with van der Waals surface area (Å²) in [7, 11) is 0. The maximum absolute atomic E-state index is 13.3. The minimum atomic E-state index is -0.286. The van der Waals surface area contributed by atoms with E-state index in [-0.39, 0.29) is 36.6 Å². The van der Waals surface area contributed by atoms with Crippen molar-refractivity contribution in [1.82, 2.24) is 0 Å². The van der Waals surface area contributed by atoms with E-state index in [1.165, 1.54) is 12.1 Å². The van der Waals surface area contributed by atoms with Crippen LogP contribution in [0.15, 0.2) is 42.5 Å². The molecule has 3 rings (SSSR count). The lowest BCUT2D eigenvalue weighted by Crippen LogP contribution is -2.27. The number of para-hydroxylation sites is 1. The van der Waals surface area contributed by atoms with Gasteiger partial charge >= 0.3 is 0 Å². The van der Waals surface area contributed by atoms with Crippen LogP contribution in [0.4, 0.5) is 15.8 Å². The summed E-state index contributed by atoms with van der Waals surface area (Å²) in [6.45, 7) is 4.13. The van der Waals surface area contributed by atoms with Gasteiger partial charge in [0, 0.05) is 6.42 Å². The Morgan fingerprint density at radius 2 is 1.89 bits per heavy atom. The average Bonchev–Trinajstić information content (AvgIpc) is 2.68. The van der Waals surface area contributed by atoms with Crippen molar-refractivity contribution in [3.05, 3.63) is 53.8 Å². The van der Waals surface area contributed by atoms with Crippen molar-refractivity contribution in [3.8, 4) is 5.75 Å². The third-order valence-corrected chi connectivity index (χ3v) is 5.23. The van der Waals surface area contributed by atoms with Crippen LogP contribution in [0.25, 0.3) is 0 Å². The number of hydrogen-bond acceptors (Lipinski definition) is 3. The summed E-state index contributed by atoms with van der Waals surface area (Å²) < 4.78 is 18.8. The van der Waals surface area contributed by atoms with Gasteiger partial charge in [0.05, 0.1) is 11.4 Å². The third kappa shape index (κ3) is 4.50. The van der Waals surface area contributed by atoms with Gasteiger partial charge in [-0.2, -0.15) is 0 Å². The number of benzene rings is 2. The van der Waals surface area contributed by atoms with Crippen molar-refractivity contribution < 1.29 is 18.7 Å². The van der Waals surface area contributed by atoms with Crippen molar-refractivity contribution in [2.24, 2.45) is 5.92 Å². The highest BCUT2D eigenvalue weighted by molar-refractivity contribution is 6.00. The molecule has 5 nitrogen and oxygen atoms in total. The summed E-state index contributed by atoms with van der Waals surface area (Å²) >= 11 is 0. The molecule has 0 spiro atoms. The van der Waals surface area contributed by atoms with Crippen LogP contribution in [0.2, 0.25) is 0 Å². The predicted octanol–water partition coefficient (Wildman–Crippen LogP) is 4.71. The van der Waals surface area contributed by atoms with E-state index in [1.54, 1.807) is 30.3 Å². The lowest BCUT2D eigenvalue weighted by Gasteiger charge is -2.26. The van der Waals surface area contributed by atoms with Gasteiger partial charge in [0.25, 0.3) is 5.91 Å². The maximum atomic E-state index is 13.3. The van der Waals surface area contributed by atoms with Gasteiger partial charge < -0.3 is 15.4 Å². The molecule has 2 aromatic rings. The van der Waals surface area contributed by atoms with Gasteiger partial charge in [-0.05, 0) is 41.7 Å². The summed E-state index contributed by atoms with van der Waals surface area (Å²) in [6, 6.07) is 11.6. The molecule has 2 amide bonds. The highest BCUT2D eigenvalue weighted by atomic mass is 19.1. The van der Waals surface area contributed by atoms with E-state index < -0.39 is 0 Å². The standard InChI is InChI=1S/C22H25FN2O3/c1-3-14(4-2)17(15-8-10-16(23)11-9-15)12-20(26)24-18-6-5-7-19-22(18)28-13-21(27)25-19/h5-11,14,17H,3-4,12-13H2,1-2H3,(H,24,26)(H,25,27). The molecule has 0 bridgehead atoms. The summed E-state index contributed by atoms with van der Waals surface area (Å²) in [4.78, 5) is 24.3. The van der Waals surface area contributed by atoms with Gasteiger partial charge in [-0.25, -0.2) is 4.39 Å². The average molecular weight is 384 g/mol. The van der Waals surface area contributed by atoms with E-state index in [1.807, 2.05) is 0 Å². The Balaban J connectivity index is 1.78. The number of amides is 2. The highest BCUT2D eigenvalue weighted by Crippen LogP contribution is 2.37. The van der Waals surface area contributed by atoms with Crippen LogP contribution < -0.4 is 15.4 Å². The first-order valence-electron chi connectivity index (χ1n) is 9.62. The Bertz CT molecular complexity index is 847. The van der Waals surface area contributed by atoms with Crippen molar-refractivity contribution in [2.45, 2.75) is 39.0 Å². The number of carbonyl (C=O) groups is 2. The van der Waals surface area contributed by atoms with Crippen molar-refractivity contribution >= 4 is 23.2 Å². The molecule has 0 radical (unpaired) electrons. The SMILES string of the molecule is CCC(CC)C(CC(=O)Nc1cccc2c1OCC(=O)N2)c1ccc(F)cc1. The summed E-state index contributed by atoms with van der Waals surface area (Å²) in [6.07, 6.45) is 2.15. The van der Waals surface area contributed by atoms with E-state index in [4.69, 9.17) is 4.74 Å². The lowest BCUT2D eigenvalue weighted by atomic mass is 9.80. The Hall–Kier alpha value is -2.89. The Labute approximate surface area is 164 Å². The molecule has 1 heterocycles. The molecule has 148 valence electrons. The van der Waals surface area contributed by atoms with Gasteiger partial charge in [0.2, 0.25) is 5.91 Å². The number of ether oxygens (including phenoxy) is 1. The Morgan fingerprint density at radius 1 is 1.18 bits per heavy atom. The summed E-state index contributed by atoms with van der Waals surface area (Å²) in [5.74, 6) is 0.131. The fraction of sp³-hybridized carbons (Fsp3) is 0.364. The second-order valence-corrected chi connectivity index (χ2v) is 7.01. The first-order chi connectivity index (χ1) is 13.5. The van der Waals surface area contributed by atoms with E-state index in [0.29, 0.717) is 23.0 Å². The number of nitrogens with one attached hydrogen (secondary N) is 2. The van der Waals surface area contributed by atoms with Gasteiger partial charge in [0.15, 0.2) is 12.4 Å². The molecule has 1 unspecified atom stereocenters. The highest BCUT2D eigenvalue weighted by Gasteiger charge is 2.25. The molecule has 0 aliphatic carbocycles. The number of anilines is 2. The Kier molecular flexibility index (Phi) is 6.29. The first kappa shape index (κ1) is 19.9. The molecular formula is C22H25FN2O3. The number of carbonyl (C=O) groups excluding carboxylic acids is 2. The number of hydrogen-bond donors (Lipinski definition) is 2.